The molecule has 0 aliphatic carbocycles. The molecule has 53 valence electrons. The van der Waals surface area contributed by atoms with Crippen molar-refractivity contribution in [2.75, 3.05) is 0 Å². The van der Waals surface area contributed by atoms with Crippen molar-refractivity contribution in [2.45, 2.75) is 0 Å². The monoisotopic (exact) mass is 140 g/mol. The van der Waals surface area contributed by atoms with Crippen LogP contribution in [0.2, 0.25) is 0 Å². The van der Waals surface area contributed by atoms with E-state index in [-0.39, 0.29) is 0 Å². The number of benzene rings is 1. The first-order chi connectivity index (χ1) is 4.61. The smallest absolute Gasteiger partial charge is 0.174 e. The van der Waals surface area contributed by atoms with E-state index in [1.54, 1.807) is 0 Å². The van der Waals surface area contributed by atoms with Gasteiger partial charge >= 0.3 is 0 Å². The zero-order valence-corrected chi connectivity index (χ0v) is 4.87. The maximum absolute atomic E-state index is 10.4. The number of aromatic hydroxyl groups is 2. The molecule has 4 heteroatoms. The maximum Gasteiger partial charge on any atom is 0.174 e. The molecular formula is C6H4O4-. The summed E-state index contributed by atoms with van der Waals surface area (Å²) in [6.45, 7) is 0. The first-order valence-electron chi connectivity index (χ1n) is 2.51. The first kappa shape index (κ1) is 6.54. The van der Waals surface area contributed by atoms with Crippen LogP contribution in [0.1, 0.15) is 0 Å². The Labute approximate surface area is 56.6 Å². The molecule has 0 saturated carbocycles. The molecule has 0 saturated heterocycles. The number of phenols is 2. The Hall–Kier alpha value is -1.58. The summed E-state index contributed by atoms with van der Waals surface area (Å²) in [5.74, 6) is -2.78. The predicted octanol–water partition coefficient (Wildman–Crippen LogP) is 0.315. The first-order valence-corrected chi connectivity index (χ1v) is 2.51. The lowest BCUT2D eigenvalue weighted by molar-refractivity contribution is -0.271. The molecule has 0 amide bonds. The maximum atomic E-state index is 10.4. The predicted molar refractivity (Wildman–Crippen MR) is 29.4 cm³/mol. The number of hydrogen-bond donors (Lipinski definition) is 2. The van der Waals surface area contributed by atoms with Gasteiger partial charge in [-0.15, -0.1) is 0 Å². The van der Waals surface area contributed by atoms with Crippen molar-refractivity contribution in [3.63, 3.8) is 0 Å². The highest BCUT2D eigenvalue weighted by atomic mass is 16.3. The van der Waals surface area contributed by atoms with Crippen molar-refractivity contribution >= 4 is 0 Å². The van der Waals surface area contributed by atoms with Gasteiger partial charge in [-0.1, -0.05) is 5.75 Å². The van der Waals surface area contributed by atoms with E-state index in [1.807, 2.05) is 0 Å². The second-order valence-corrected chi connectivity index (χ2v) is 1.79. The van der Waals surface area contributed by atoms with E-state index in [0.29, 0.717) is 12.1 Å². The molecule has 1 rings (SSSR count). The Bertz CT molecular complexity index is 206. The number of hydrogen-bond acceptors (Lipinski definition) is 3. The molecule has 10 heavy (non-hydrogen) atoms. The highest BCUT2D eigenvalue weighted by molar-refractivity contribution is 5.50. The Morgan fingerprint density at radius 3 is 2.20 bits per heavy atom. The molecule has 1 aromatic carbocycles. The molecule has 1 aromatic rings. The summed E-state index contributed by atoms with van der Waals surface area (Å²) in [5, 5.41) is 38.1. The van der Waals surface area contributed by atoms with Crippen LogP contribution in [0.3, 0.4) is 0 Å². The summed E-state index contributed by atoms with van der Waals surface area (Å²) in [6, 6.07) is 1.36. The summed E-state index contributed by atoms with van der Waals surface area (Å²) < 4.78 is 0. The van der Waals surface area contributed by atoms with Gasteiger partial charge in [0.1, 0.15) is 0 Å². The molecule has 4 nitrogen and oxygen atoms in total. The molecule has 0 spiro atoms. The Morgan fingerprint density at radius 2 is 1.70 bits per heavy atom. The molecule has 2 N–H and O–H groups in total. The van der Waals surface area contributed by atoms with Crippen LogP contribution in [0, 0.1) is 0 Å². The molecule has 0 atom stereocenters. The summed E-state index contributed by atoms with van der Waals surface area (Å²) >= 11 is 0. The topological polar surface area (TPSA) is 83.4 Å². The molecule has 0 fully saturated rings. The highest BCUT2D eigenvalue weighted by Crippen LogP contribution is 2.34. The molecule has 0 aromatic heterocycles. The SMILES string of the molecule is [O]c1cc(O)c(O)cc1[O-]. The Morgan fingerprint density at radius 1 is 1.20 bits per heavy atom. The minimum absolute atomic E-state index is 0.565. The van der Waals surface area contributed by atoms with Crippen molar-refractivity contribution in [3.8, 4) is 23.0 Å². The van der Waals surface area contributed by atoms with Gasteiger partial charge in [-0.2, -0.15) is 0 Å². The largest absolute Gasteiger partial charge is 0.870 e. The summed E-state index contributed by atoms with van der Waals surface area (Å²) in [4.78, 5) is 0. The average Bonchev–Trinajstić information content (AvgIpc) is 1.84. The van der Waals surface area contributed by atoms with E-state index in [0.717, 1.165) is 0 Å². The van der Waals surface area contributed by atoms with Crippen LogP contribution < -0.4 is 5.11 Å². The lowest BCUT2D eigenvalue weighted by Crippen LogP contribution is -1.88. The van der Waals surface area contributed by atoms with Gasteiger partial charge < -0.3 is 15.3 Å². The van der Waals surface area contributed by atoms with Crippen molar-refractivity contribution < 1.29 is 20.4 Å². The van der Waals surface area contributed by atoms with Gasteiger partial charge in [-0.25, -0.2) is 0 Å². The standard InChI is InChI=1S/C6H5O4/c7-3-1-4(8)6(10)2-5(3)9/h1-2,7-9H/p-1. The molecule has 0 heterocycles. The number of phenolic OH excluding ortho intramolecular Hbond substituents is 2. The average molecular weight is 140 g/mol. The van der Waals surface area contributed by atoms with Gasteiger partial charge in [0, 0.05) is 6.07 Å². The van der Waals surface area contributed by atoms with Gasteiger partial charge in [0.25, 0.3) is 0 Å². The van der Waals surface area contributed by atoms with Gasteiger partial charge in [-0.3, -0.25) is 5.11 Å². The normalized spacial score (nSPS) is 9.60. The quantitative estimate of drug-likeness (QED) is 0.509. The van der Waals surface area contributed by atoms with Crippen molar-refractivity contribution in [1.82, 2.24) is 0 Å². The van der Waals surface area contributed by atoms with Crippen LogP contribution >= 0.6 is 0 Å². The molecule has 0 aliphatic heterocycles. The summed E-state index contributed by atoms with van der Waals surface area (Å²) in [5.41, 5.74) is 0. The molecule has 1 radical (unpaired) electrons. The van der Waals surface area contributed by atoms with E-state index >= 15 is 0 Å². The van der Waals surface area contributed by atoms with Crippen LogP contribution in [0.25, 0.3) is 0 Å². The third-order valence-electron chi connectivity index (χ3n) is 1.04. The van der Waals surface area contributed by atoms with E-state index < -0.39 is 23.0 Å². The van der Waals surface area contributed by atoms with E-state index in [2.05, 4.69) is 0 Å². The van der Waals surface area contributed by atoms with Crippen LogP contribution in [0.5, 0.6) is 23.0 Å². The fraction of sp³-hybridized carbons (Fsp3) is 0. The van der Waals surface area contributed by atoms with Crippen LogP contribution in [-0.2, 0) is 5.11 Å². The van der Waals surface area contributed by atoms with Gasteiger partial charge in [0.05, 0.1) is 0 Å². The second kappa shape index (κ2) is 1.98. The van der Waals surface area contributed by atoms with E-state index in [4.69, 9.17) is 10.2 Å². The number of rotatable bonds is 0. The summed E-state index contributed by atoms with van der Waals surface area (Å²) in [6.07, 6.45) is 0. The molecule has 0 bridgehead atoms. The minimum Gasteiger partial charge on any atom is -0.870 e. The summed E-state index contributed by atoms with van der Waals surface area (Å²) in [7, 11) is 0. The lowest BCUT2D eigenvalue weighted by atomic mass is 10.3. The third-order valence-corrected chi connectivity index (χ3v) is 1.04. The van der Waals surface area contributed by atoms with Crippen molar-refractivity contribution in [2.24, 2.45) is 0 Å². The van der Waals surface area contributed by atoms with Crippen LogP contribution in [0.15, 0.2) is 12.1 Å². The van der Waals surface area contributed by atoms with E-state index in [9.17, 15) is 10.2 Å². The van der Waals surface area contributed by atoms with Crippen LogP contribution in [-0.4, -0.2) is 10.2 Å². The van der Waals surface area contributed by atoms with Crippen molar-refractivity contribution in [1.29, 1.82) is 0 Å². The van der Waals surface area contributed by atoms with Gasteiger partial charge in [0.2, 0.25) is 0 Å². The van der Waals surface area contributed by atoms with E-state index in [1.165, 1.54) is 0 Å². The molecule has 0 aliphatic rings. The van der Waals surface area contributed by atoms with Gasteiger partial charge in [0.15, 0.2) is 17.2 Å². The lowest BCUT2D eigenvalue weighted by Gasteiger charge is -2.06. The fourth-order valence-electron chi connectivity index (χ4n) is 0.538. The molecular weight excluding hydrogens is 136 g/mol. The fourth-order valence-corrected chi connectivity index (χ4v) is 0.538. The van der Waals surface area contributed by atoms with Crippen LogP contribution in [0.4, 0.5) is 0 Å². The van der Waals surface area contributed by atoms with Crippen molar-refractivity contribution in [3.05, 3.63) is 12.1 Å². The zero-order valence-electron chi connectivity index (χ0n) is 4.87. The Balaban J connectivity index is 3.28. The molecule has 0 unspecified atom stereocenters. The zero-order chi connectivity index (χ0) is 7.72. The Kier molecular flexibility index (Phi) is 1.30. The minimum atomic E-state index is -0.824. The third kappa shape index (κ3) is 0.907. The van der Waals surface area contributed by atoms with Gasteiger partial charge in [-0.05, 0) is 6.07 Å². The highest BCUT2D eigenvalue weighted by Gasteiger charge is 2.01. The second-order valence-electron chi connectivity index (χ2n) is 1.79.